The summed E-state index contributed by atoms with van der Waals surface area (Å²) >= 11 is 0. The van der Waals surface area contributed by atoms with Crippen molar-refractivity contribution in [3.8, 4) is 0 Å². The van der Waals surface area contributed by atoms with Crippen molar-refractivity contribution in [1.82, 2.24) is 9.97 Å². The molecule has 18 heavy (non-hydrogen) atoms. The van der Waals surface area contributed by atoms with Gasteiger partial charge in [-0.3, -0.25) is 0 Å². The number of aryl methyl sites for hydroxylation is 2. The number of anilines is 1. The van der Waals surface area contributed by atoms with Crippen LogP contribution >= 0.6 is 0 Å². The van der Waals surface area contributed by atoms with Crippen LogP contribution < -0.4 is 5.32 Å². The summed E-state index contributed by atoms with van der Waals surface area (Å²) in [6, 6.07) is 8.65. The van der Waals surface area contributed by atoms with E-state index >= 15 is 0 Å². The van der Waals surface area contributed by atoms with Gasteiger partial charge >= 0.3 is 0 Å². The highest BCUT2D eigenvalue weighted by Crippen LogP contribution is 2.16. The number of nitrogens with zero attached hydrogens (tertiary/aromatic N) is 2. The van der Waals surface area contributed by atoms with E-state index in [4.69, 9.17) is 0 Å². The van der Waals surface area contributed by atoms with Crippen LogP contribution in [0.3, 0.4) is 0 Å². The Morgan fingerprint density at radius 1 is 1.00 bits per heavy atom. The van der Waals surface area contributed by atoms with E-state index in [0.29, 0.717) is 11.9 Å². The first-order chi connectivity index (χ1) is 8.65. The molecule has 0 saturated heterocycles. The maximum absolute atomic E-state index is 4.24. The molecule has 1 aromatic heterocycles. The first-order valence-electron chi connectivity index (χ1n) is 6.24. The van der Waals surface area contributed by atoms with Crippen LogP contribution in [0.1, 0.15) is 29.5 Å². The molecule has 1 unspecified atom stereocenters. The molecule has 1 N–H and O–H groups in total. The number of aromatic nitrogens is 2. The van der Waals surface area contributed by atoms with Crippen molar-refractivity contribution in [2.24, 2.45) is 0 Å². The van der Waals surface area contributed by atoms with Crippen molar-refractivity contribution in [2.45, 2.75) is 26.7 Å². The van der Waals surface area contributed by atoms with E-state index in [-0.39, 0.29) is 0 Å². The third-order valence-corrected chi connectivity index (χ3v) is 2.99. The smallest absolute Gasteiger partial charge is 0.222 e. The molecule has 0 radical (unpaired) electrons. The summed E-state index contributed by atoms with van der Waals surface area (Å²) < 4.78 is 0. The van der Waals surface area contributed by atoms with Gasteiger partial charge in [-0.1, -0.05) is 36.8 Å². The van der Waals surface area contributed by atoms with Crippen LogP contribution in [0, 0.1) is 13.8 Å². The molecule has 94 valence electrons. The van der Waals surface area contributed by atoms with E-state index in [9.17, 15) is 0 Å². The maximum Gasteiger partial charge on any atom is 0.222 e. The molecule has 1 aromatic carbocycles. The minimum Gasteiger partial charge on any atom is -0.354 e. The zero-order valence-electron chi connectivity index (χ0n) is 11.1. The van der Waals surface area contributed by atoms with Crippen molar-refractivity contribution >= 4 is 5.95 Å². The molecule has 0 aliphatic heterocycles. The Labute approximate surface area is 108 Å². The Bertz CT molecular complexity index is 488. The van der Waals surface area contributed by atoms with Gasteiger partial charge in [0.25, 0.3) is 0 Å². The van der Waals surface area contributed by atoms with Crippen LogP contribution in [0.2, 0.25) is 0 Å². The minimum atomic E-state index is 0.440. The second-order valence-electron chi connectivity index (χ2n) is 4.78. The molecule has 0 bridgehead atoms. The highest BCUT2D eigenvalue weighted by atomic mass is 15.1. The fourth-order valence-electron chi connectivity index (χ4n) is 1.74. The van der Waals surface area contributed by atoms with Gasteiger partial charge in [-0.15, -0.1) is 0 Å². The Kier molecular flexibility index (Phi) is 3.92. The largest absolute Gasteiger partial charge is 0.354 e. The molecule has 0 spiro atoms. The van der Waals surface area contributed by atoms with Gasteiger partial charge in [-0.05, 0) is 30.9 Å². The Morgan fingerprint density at radius 2 is 1.61 bits per heavy atom. The lowest BCUT2D eigenvalue weighted by molar-refractivity contribution is 0.796. The molecule has 0 amide bonds. The quantitative estimate of drug-likeness (QED) is 0.892. The minimum absolute atomic E-state index is 0.440. The molecular formula is C15H19N3. The maximum atomic E-state index is 4.24. The summed E-state index contributed by atoms with van der Waals surface area (Å²) in [4.78, 5) is 8.47. The number of benzene rings is 1. The van der Waals surface area contributed by atoms with E-state index in [1.165, 1.54) is 11.1 Å². The predicted octanol–water partition coefficient (Wildman–Crippen LogP) is 3.31. The second-order valence-corrected chi connectivity index (χ2v) is 4.78. The van der Waals surface area contributed by atoms with Crippen LogP contribution in [0.15, 0.2) is 36.7 Å². The molecule has 3 nitrogen and oxygen atoms in total. The summed E-state index contributed by atoms with van der Waals surface area (Å²) in [5, 5.41) is 3.26. The molecule has 1 atom stereocenters. The number of hydrogen-bond donors (Lipinski definition) is 1. The van der Waals surface area contributed by atoms with E-state index in [0.717, 1.165) is 12.1 Å². The lowest BCUT2D eigenvalue weighted by atomic mass is 10.0. The van der Waals surface area contributed by atoms with E-state index in [1.54, 1.807) is 0 Å². The van der Waals surface area contributed by atoms with E-state index in [2.05, 4.69) is 53.4 Å². The van der Waals surface area contributed by atoms with Crippen molar-refractivity contribution in [1.29, 1.82) is 0 Å². The van der Waals surface area contributed by atoms with Gasteiger partial charge in [0, 0.05) is 18.9 Å². The van der Waals surface area contributed by atoms with Gasteiger partial charge in [0.2, 0.25) is 5.95 Å². The van der Waals surface area contributed by atoms with E-state index in [1.807, 2.05) is 19.3 Å². The lowest BCUT2D eigenvalue weighted by Crippen LogP contribution is -2.11. The number of rotatable bonds is 4. The Morgan fingerprint density at radius 3 is 2.22 bits per heavy atom. The van der Waals surface area contributed by atoms with Gasteiger partial charge in [-0.25, -0.2) is 9.97 Å². The summed E-state index contributed by atoms with van der Waals surface area (Å²) in [5.74, 6) is 1.13. The SMILES string of the molecule is Cc1ccc(C(C)CNc2ncc(C)cn2)cc1. The Balaban J connectivity index is 1.93. The molecule has 0 aliphatic carbocycles. The fourth-order valence-corrected chi connectivity index (χ4v) is 1.74. The topological polar surface area (TPSA) is 37.8 Å². The van der Waals surface area contributed by atoms with Crippen molar-refractivity contribution in [3.63, 3.8) is 0 Å². The van der Waals surface area contributed by atoms with Crippen LogP contribution in [-0.2, 0) is 0 Å². The highest BCUT2D eigenvalue weighted by molar-refractivity contribution is 5.28. The molecule has 2 rings (SSSR count). The van der Waals surface area contributed by atoms with E-state index < -0.39 is 0 Å². The van der Waals surface area contributed by atoms with Crippen LogP contribution in [0.4, 0.5) is 5.95 Å². The summed E-state index contributed by atoms with van der Waals surface area (Å²) in [7, 11) is 0. The van der Waals surface area contributed by atoms with Crippen LogP contribution in [0.5, 0.6) is 0 Å². The predicted molar refractivity (Wildman–Crippen MR) is 74.9 cm³/mol. The summed E-state index contributed by atoms with van der Waals surface area (Å²) in [6.07, 6.45) is 3.65. The standard InChI is InChI=1S/C15H19N3/c1-11-4-6-14(7-5-11)13(3)10-18-15-16-8-12(2)9-17-15/h4-9,13H,10H2,1-3H3,(H,16,17,18). The van der Waals surface area contributed by atoms with Gasteiger partial charge in [0.1, 0.15) is 0 Å². The summed E-state index contributed by atoms with van der Waals surface area (Å²) in [5.41, 5.74) is 3.70. The average Bonchev–Trinajstić information content (AvgIpc) is 2.38. The Hall–Kier alpha value is -1.90. The summed E-state index contributed by atoms with van der Waals surface area (Å²) in [6.45, 7) is 7.13. The van der Waals surface area contributed by atoms with Crippen LogP contribution in [0.25, 0.3) is 0 Å². The van der Waals surface area contributed by atoms with Gasteiger partial charge < -0.3 is 5.32 Å². The monoisotopic (exact) mass is 241 g/mol. The van der Waals surface area contributed by atoms with Gasteiger partial charge in [-0.2, -0.15) is 0 Å². The zero-order valence-corrected chi connectivity index (χ0v) is 11.1. The molecule has 0 saturated carbocycles. The normalized spacial score (nSPS) is 12.2. The molecular weight excluding hydrogens is 222 g/mol. The molecule has 0 aliphatic rings. The highest BCUT2D eigenvalue weighted by Gasteiger charge is 2.05. The van der Waals surface area contributed by atoms with Gasteiger partial charge in [0.05, 0.1) is 0 Å². The average molecular weight is 241 g/mol. The lowest BCUT2D eigenvalue weighted by Gasteiger charge is -2.13. The number of nitrogens with one attached hydrogen (secondary N) is 1. The first-order valence-corrected chi connectivity index (χ1v) is 6.24. The third-order valence-electron chi connectivity index (χ3n) is 2.99. The molecule has 2 aromatic rings. The zero-order chi connectivity index (χ0) is 13.0. The molecule has 1 heterocycles. The van der Waals surface area contributed by atoms with Crippen molar-refractivity contribution in [3.05, 3.63) is 53.3 Å². The molecule has 3 heteroatoms. The molecule has 0 fully saturated rings. The fraction of sp³-hybridized carbons (Fsp3) is 0.333. The second kappa shape index (κ2) is 5.63. The van der Waals surface area contributed by atoms with Gasteiger partial charge in [0.15, 0.2) is 0 Å². The van der Waals surface area contributed by atoms with Crippen molar-refractivity contribution in [2.75, 3.05) is 11.9 Å². The van der Waals surface area contributed by atoms with Crippen LogP contribution in [-0.4, -0.2) is 16.5 Å². The van der Waals surface area contributed by atoms with Crippen molar-refractivity contribution < 1.29 is 0 Å². The third kappa shape index (κ3) is 3.29. The number of hydrogen-bond acceptors (Lipinski definition) is 3. The first kappa shape index (κ1) is 12.6.